The smallest absolute Gasteiger partial charge is 0.243 e. The molecule has 10 heteroatoms. The highest BCUT2D eigenvalue weighted by Gasteiger charge is 2.22. The highest BCUT2D eigenvalue weighted by atomic mass is 32.2. The van der Waals surface area contributed by atoms with Crippen LogP contribution in [0, 0.1) is 11.3 Å². The summed E-state index contributed by atoms with van der Waals surface area (Å²) in [6.07, 6.45) is 0. The molecular weight excluding hydrogens is 282 g/mol. The van der Waals surface area contributed by atoms with Gasteiger partial charge in [0.2, 0.25) is 10.0 Å². The van der Waals surface area contributed by atoms with Crippen LogP contribution < -0.4 is 10.5 Å². The van der Waals surface area contributed by atoms with Crippen molar-refractivity contribution < 1.29 is 8.42 Å². The van der Waals surface area contributed by atoms with E-state index in [0.717, 1.165) is 0 Å². The molecule has 1 aromatic heterocycles. The fourth-order valence-corrected chi connectivity index (χ4v) is 2.88. The Kier molecular flexibility index (Phi) is 3.64. The molecule has 2 aromatic rings. The highest BCUT2D eigenvalue weighted by Crippen LogP contribution is 2.21. The Balaban J connectivity index is 2.29. The number of anilines is 1. The molecule has 0 aliphatic rings. The lowest BCUT2D eigenvalue weighted by Gasteiger charge is -2.12. The zero-order chi connectivity index (χ0) is 14.8. The van der Waals surface area contributed by atoms with Crippen LogP contribution in [-0.4, -0.2) is 29.0 Å². The first-order chi connectivity index (χ1) is 9.44. The van der Waals surface area contributed by atoms with Crippen LogP contribution in [0.25, 0.3) is 0 Å². The van der Waals surface area contributed by atoms with Gasteiger partial charge in [-0.15, -0.1) is 10.2 Å². The number of nitrogens with zero attached hydrogens (tertiary/aromatic N) is 4. The third-order valence-electron chi connectivity index (χ3n) is 2.51. The minimum atomic E-state index is -3.85. The summed E-state index contributed by atoms with van der Waals surface area (Å²) in [4.78, 5) is -0.105. The van der Waals surface area contributed by atoms with Crippen molar-refractivity contribution >= 4 is 15.7 Å². The number of benzene rings is 1. The Labute approximate surface area is 114 Å². The second-order valence-electron chi connectivity index (χ2n) is 3.98. The number of nitrogen functional groups attached to an aromatic ring is 1. The van der Waals surface area contributed by atoms with E-state index >= 15 is 0 Å². The maximum Gasteiger partial charge on any atom is 0.243 e. The average Bonchev–Trinajstić information content (AvgIpc) is 2.91. The third-order valence-corrected chi connectivity index (χ3v) is 4.12. The van der Waals surface area contributed by atoms with Gasteiger partial charge in [0.05, 0.1) is 23.4 Å². The topological polar surface area (TPSA) is 150 Å². The van der Waals surface area contributed by atoms with Crippen LogP contribution in [-0.2, 0) is 10.0 Å². The van der Waals surface area contributed by atoms with Gasteiger partial charge in [-0.3, -0.25) is 0 Å². The number of aromatic nitrogens is 4. The van der Waals surface area contributed by atoms with Crippen molar-refractivity contribution in [1.82, 2.24) is 25.3 Å². The Bertz CT molecular complexity index is 748. The molecule has 4 N–H and O–H groups in total. The predicted octanol–water partition coefficient (Wildman–Crippen LogP) is -0.307. The van der Waals surface area contributed by atoms with Gasteiger partial charge in [-0.05, 0) is 25.1 Å². The molecule has 1 heterocycles. The fraction of sp³-hybridized carbons (Fsp3) is 0.200. The van der Waals surface area contributed by atoms with Crippen molar-refractivity contribution in [3.05, 3.63) is 29.6 Å². The summed E-state index contributed by atoms with van der Waals surface area (Å²) in [6.45, 7) is 1.57. The van der Waals surface area contributed by atoms with E-state index in [2.05, 4.69) is 25.3 Å². The Morgan fingerprint density at radius 1 is 1.50 bits per heavy atom. The quantitative estimate of drug-likeness (QED) is 0.654. The first-order valence-corrected chi connectivity index (χ1v) is 6.97. The number of nitriles is 1. The maximum atomic E-state index is 12.2. The molecule has 0 radical (unpaired) electrons. The Morgan fingerprint density at radius 2 is 2.25 bits per heavy atom. The van der Waals surface area contributed by atoms with Crippen molar-refractivity contribution in [2.24, 2.45) is 0 Å². The monoisotopic (exact) mass is 293 g/mol. The molecule has 1 aromatic carbocycles. The summed E-state index contributed by atoms with van der Waals surface area (Å²) in [6, 6.07) is 5.16. The summed E-state index contributed by atoms with van der Waals surface area (Å²) in [7, 11) is -3.85. The molecule has 0 amide bonds. The van der Waals surface area contributed by atoms with E-state index in [1.54, 1.807) is 6.92 Å². The lowest BCUT2D eigenvalue weighted by molar-refractivity contribution is 0.560. The van der Waals surface area contributed by atoms with Gasteiger partial charge in [0.15, 0.2) is 5.82 Å². The summed E-state index contributed by atoms with van der Waals surface area (Å²) in [5.74, 6) is 0.209. The van der Waals surface area contributed by atoms with Gasteiger partial charge in [0.25, 0.3) is 0 Å². The fourth-order valence-electron chi connectivity index (χ4n) is 1.56. The van der Waals surface area contributed by atoms with Crippen molar-refractivity contribution in [1.29, 1.82) is 5.26 Å². The molecular formula is C10H11N7O2S. The summed E-state index contributed by atoms with van der Waals surface area (Å²) >= 11 is 0. The van der Waals surface area contributed by atoms with Gasteiger partial charge >= 0.3 is 0 Å². The summed E-state index contributed by atoms with van der Waals surface area (Å²) in [5.41, 5.74) is 5.94. The van der Waals surface area contributed by atoms with E-state index in [1.807, 2.05) is 6.07 Å². The molecule has 0 saturated carbocycles. The molecule has 0 fully saturated rings. The van der Waals surface area contributed by atoms with Crippen molar-refractivity contribution in [2.45, 2.75) is 17.9 Å². The maximum absolute atomic E-state index is 12.2. The van der Waals surface area contributed by atoms with Crippen LogP contribution in [0.3, 0.4) is 0 Å². The third kappa shape index (κ3) is 2.73. The molecule has 20 heavy (non-hydrogen) atoms. The lowest BCUT2D eigenvalue weighted by Crippen LogP contribution is -2.28. The van der Waals surface area contributed by atoms with Gasteiger partial charge < -0.3 is 5.73 Å². The number of nitrogens with one attached hydrogen (secondary N) is 2. The van der Waals surface area contributed by atoms with Crippen molar-refractivity contribution in [3.63, 3.8) is 0 Å². The largest absolute Gasteiger partial charge is 0.398 e. The molecule has 9 nitrogen and oxygen atoms in total. The Hall–Kier alpha value is -2.51. The van der Waals surface area contributed by atoms with Gasteiger partial charge in [-0.25, -0.2) is 13.1 Å². The van der Waals surface area contributed by atoms with E-state index in [-0.39, 0.29) is 22.0 Å². The molecule has 104 valence electrons. The average molecular weight is 293 g/mol. The molecule has 1 unspecified atom stereocenters. The number of H-pyrrole nitrogens is 1. The van der Waals surface area contributed by atoms with Crippen LogP contribution in [0.1, 0.15) is 24.4 Å². The minimum Gasteiger partial charge on any atom is -0.398 e. The van der Waals surface area contributed by atoms with E-state index in [9.17, 15) is 8.42 Å². The van der Waals surface area contributed by atoms with Gasteiger partial charge in [-0.2, -0.15) is 10.5 Å². The van der Waals surface area contributed by atoms with Crippen LogP contribution in [0.15, 0.2) is 23.1 Å². The number of nitrogens with two attached hydrogens (primary N) is 1. The second kappa shape index (κ2) is 5.24. The highest BCUT2D eigenvalue weighted by molar-refractivity contribution is 7.89. The van der Waals surface area contributed by atoms with E-state index < -0.39 is 16.1 Å². The van der Waals surface area contributed by atoms with Gasteiger partial charge in [0, 0.05) is 0 Å². The van der Waals surface area contributed by atoms with E-state index in [4.69, 9.17) is 11.0 Å². The normalized spacial score (nSPS) is 12.8. The molecule has 1 atom stereocenters. The Morgan fingerprint density at radius 3 is 2.80 bits per heavy atom. The number of tetrazole rings is 1. The summed E-state index contributed by atoms with van der Waals surface area (Å²) < 4.78 is 26.8. The minimum absolute atomic E-state index is 0.00291. The van der Waals surface area contributed by atoms with Gasteiger partial charge in [0.1, 0.15) is 4.90 Å². The SMILES string of the molecule is CC(NS(=O)(=O)c1ccc(C#N)cc1N)c1nn[nH]n1. The molecule has 0 bridgehead atoms. The zero-order valence-electron chi connectivity index (χ0n) is 10.4. The number of rotatable bonds is 4. The molecule has 0 aliphatic heterocycles. The molecule has 0 spiro atoms. The van der Waals surface area contributed by atoms with Crippen molar-refractivity contribution in [3.8, 4) is 6.07 Å². The van der Waals surface area contributed by atoms with Crippen LogP contribution in [0.2, 0.25) is 0 Å². The first-order valence-electron chi connectivity index (χ1n) is 5.49. The zero-order valence-corrected chi connectivity index (χ0v) is 11.2. The van der Waals surface area contributed by atoms with Crippen LogP contribution in [0.4, 0.5) is 5.69 Å². The molecule has 0 saturated heterocycles. The molecule has 2 rings (SSSR count). The lowest BCUT2D eigenvalue weighted by atomic mass is 10.2. The number of aromatic amines is 1. The van der Waals surface area contributed by atoms with Gasteiger partial charge in [-0.1, -0.05) is 5.21 Å². The van der Waals surface area contributed by atoms with Crippen molar-refractivity contribution in [2.75, 3.05) is 5.73 Å². The predicted molar refractivity (Wildman–Crippen MR) is 68.5 cm³/mol. The second-order valence-corrected chi connectivity index (χ2v) is 5.66. The number of hydrogen-bond donors (Lipinski definition) is 3. The van der Waals surface area contributed by atoms with E-state index in [1.165, 1.54) is 18.2 Å². The van der Waals surface area contributed by atoms with E-state index in [0.29, 0.717) is 0 Å². The first kappa shape index (κ1) is 13.9. The number of sulfonamides is 1. The molecule has 0 aliphatic carbocycles. The summed E-state index contributed by atoms with van der Waals surface area (Å²) in [5, 5.41) is 21.7. The van der Waals surface area contributed by atoms with Crippen LogP contribution >= 0.6 is 0 Å². The number of hydrogen-bond acceptors (Lipinski definition) is 7. The standard InChI is InChI=1S/C10H11N7O2S/c1-6(10-13-16-17-14-10)15-20(18,19)9-3-2-7(5-11)4-8(9)12/h2-4,6,15H,12H2,1H3,(H,13,14,16,17). The van der Waals surface area contributed by atoms with Crippen LogP contribution in [0.5, 0.6) is 0 Å².